The molecule has 1 aromatic heterocycles. The van der Waals surface area contributed by atoms with E-state index >= 15 is 0 Å². The molecule has 31 heavy (non-hydrogen) atoms. The highest BCUT2D eigenvalue weighted by Crippen LogP contribution is 2.30. The number of nitrogens with zero attached hydrogens (tertiary/aromatic N) is 4. The topological polar surface area (TPSA) is 60.1 Å². The Kier molecular flexibility index (Phi) is 5.43. The fourth-order valence-electron chi connectivity index (χ4n) is 3.92. The zero-order chi connectivity index (χ0) is 22.2. The summed E-state index contributed by atoms with van der Waals surface area (Å²) in [6, 6.07) is 13.4. The van der Waals surface area contributed by atoms with Gasteiger partial charge in [-0.1, -0.05) is 18.2 Å². The van der Waals surface area contributed by atoms with Crippen molar-refractivity contribution in [2.75, 3.05) is 13.1 Å². The summed E-state index contributed by atoms with van der Waals surface area (Å²) >= 11 is 0. The fourth-order valence-corrected chi connectivity index (χ4v) is 3.92. The van der Waals surface area contributed by atoms with Crippen molar-refractivity contribution < 1.29 is 18.0 Å². The van der Waals surface area contributed by atoms with Gasteiger partial charge in [-0.25, -0.2) is 14.0 Å². The Labute approximate surface area is 176 Å². The maximum atomic E-state index is 12.9. The number of halogens is 3. The van der Waals surface area contributed by atoms with E-state index in [2.05, 4.69) is 5.10 Å². The molecule has 1 saturated heterocycles. The van der Waals surface area contributed by atoms with E-state index in [9.17, 15) is 22.8 Å². The van der Waals surface area contributed by atoms with Gasteiger partial charge in [0.1, 0.15) is 5.82 Å². The molecule has 6 nitrogen and oxygen atoms in total. The van der Waals surface area contributed by atoms with Crippen molar-refractivity contribution in [3.05, 3.63) is 82.0 Å². The summed E-state index contributed by atoms with van der Waals surface area (Å²) in [6.45, 7) is 0.835. The van der Waals surface area contributed by atoms with Crippen LogP contribution in [-0.2, 0) is 13.2 Å². The van der Waals surface area contributed by atoms with Gasteiger partial charge < -0.3 is 4.90 Å². The van der Waals surface area contributed by atoms with Crippen LogP contribution < -0.4 is 5.69 Å². The van der Waals surface area contributed by atoms with Crippen LogP contribution in [0, 0.1) is 0 Å². The minimum atomic E-state index is -4.45. The molecule has 0 radical (unpaired) electrons. The Morgan fingerprint density at radius 2 is 1.74 bits per heavy atom. The van der Waals surface area contributed by atoms with Gasteiger partial charge >= 0.3 is 11.9 Å². The van der Waals surface area contributed by atoms with E-state index in [1.165, 1.54) is 16.8 Å². The molecule has 1 fully saturated rings. The average Bonchev–Trinajstić information content (AvgIpc) is 3.08. The number of amides is 1. The van der Waals surface area contributed by atoms with E-state index in [0.717, 1.165) is 18.6 Å². The predicted octanol–water partition coefficient (Wildman–Crippen LogP) is 3.61. The first-order chi connectivity index (χ1) is 14.8. The smallest absolute Gasteiger partial charge is 0.338 e. The maximum absolute atomic E-state index is 12.9. The number of alkyl halides is 3. The molecule has 162 valence electrons. The summed E-state index contributed by atoms with van der Waals surface area (Å²) in [4.78, 5) is 27.2. The number of piperidine rings is 1. The number of likely N-dealkylation sites (tertiary alicyclic amines) is 1. The Balaban J connectivity index is 1.59. The third-order valence-electron chi connectivity index (χ3n) is 5.50. The molecule has 0 aliphatic carbocycles. The second-order valence-electron chi connectivity index (χ2n) is 7.60. The van der Waals surface area contributed by atoms with Crippen LogP contribution in [0.1, 0.15) is 40.5 Å². The maximum Gasteiger partial charge on any atom is 0.416 e. The predicted molar refractivity (Wildman–Crippen MR) is 108 cm³/mol. The lowest BCUT2D eigenvalue weighted by atomic mass is 9.96. The van der Waals surface area contributed by atoms with E-state index in [0.29, 0.717) is 31.0 Å². The average molecular weight is 430 g/mol. The minimum absolute atomic E-state index is 0.166. The van der Waals surface area contributed by atoms with Crippen LogP contribution >= 0.6 is 0 Å². The number of carbonyl (C=O) groups excluding carboxylic acids is 1. The molecule has 9 heteroatoms. The summed E-state index contributed by atoms with van der Waals surface area (Å²) in [6.07, 6.45) is -2.99. The second kappa shape index (κ2) is 8.05. The Hall–Kier alpha value is -3.36. The second-order valence-corrected chi connectivity index (χ2v) is 7.60. The number of hydrogen-bond donors (Lipinski definition) is 0. The van der Waals surface area contributed by atoms with E-state index in [1.54, 1.807) is 16.5 Å². The van der Waals surface area contributed by atoms with E-state index in [4.69, 9.17) is 0 Å². The highest BCUT2D eigenvalue weighted by atomic mass is 19.4. The molecule has 1 amide bonds. The Morgan fingerprint density at radius 1 is 1.06 bits per heavy atom. The van der Waals surface area contributed by atoms with Crippen molar-refractivity contribution in [3.8, 4) is 5.69 Å². The largest absolute Gasteiger partial charge is 0.416 e. The number of hydrogen-bond acceptors (Lipinski definition) is 3. The zero-order valence-corrected chi connectivity index (χ0v) is 16.8. The molecule has 1 aliphatic rings. The van der Waals surface area contributed by atoms with Gasteiger partial charge in [-0.05, 0) is 49.2 Å². The molecule has 1 atom stereocenters. The highest BCUT2D eigenvalue weighted by Gasteiger charge is 2.32. The van der Waals surface area contributed by atoms with E-state index in [1.807, 2.05) is 30.3 Å². The van der Waals surface area contributed by atoms with Crippen LogP contribution in [0.2, 0.25) is 0 Å². The van der Waals surface area contributed by atoms with Gasteiger partial charge in [0.25, 0.3) is 5.91 Å². The molecule has 0 bridgehead atoms. The van der Waals surface area contributed by atoms with Gasteiger partial charge in [-0.2, -0.15) is 18.3 Å². The first kappa shape index (κ1) is 20.9. The van der Waals surface area contributed by atoms with Gasteiger partial charge in [0.15, 0.2) is 0 Å². The molecule has 2 heterocycles. The quantitative estimate of drug-likeness (QED) is 0.638. The molecular weight excluding hydrogens is 409 g/mol. The minimum Gasteiger partial charge on any atom is -0.338 e. The van der Waals surface area contributed by atoms with Crippen LogP contribution in [0.25, 0.3) is 5.69 Å². The van der Waals surface area contributed by atoms with E-state index in [-0.39, 0.29) is 23.1 Å². The SMILES string of the molecule is Cn1nc(C2CCCN(C(=O)c3ccc(C(F)(F)F)cc3)C2)n(-c2ccccc2)c1=O. The standard InChI is InChI=1S/C22H21F3N4O2/c1-27-21(31)29(18-7-3-2-4-8-18)19(26-27)16-6-5-13-28(14-16)20(30)15-9-11-17(12-10-15)22(23,24)25/h2-4,7-12,16H,5-6,13-14H2,1H3. The molecule has 0 N–H and O–H groups in total. The number of rotatable bonds is 3. The van der Waals surface area contributed by atoms with Crippen molar-refractivity contribution in [3.63, 3.8) is 0 Å². The number of benzene rings is 2. The Bertz CT molecular complexity index is 1130. The van der Waals surface area contributed by atoms with Crippen molar-refractivity contribution in [2.45, 2.75) is 24.9 Å². The van der Waals surface area contributed by atoms with Crippen LogP contribution in [0.3, 0.4) is 0 Å². The summed E-state index contributed by atoms with van der Waals surface area (Å²) in [5.41, 5.74) is -0.162. The normalized spacial score (nSPS) is 17.0. The van der Waals surface area contributed by atoms with Crippen LogP contribution in [0.5, 0.6) is 0 Å². The molecule has 4 rings (SSSR count). The first-order valence-electron chi connectivity index (χ1n) is 9.93. The molecule has 1 unspecified atom stereocenters. The number of carbonyl (C=O) groups is 1. The van der Waals surface area contributed by atoms with Crippen LogP contribution in [-0.4, -0.2) is 38.2 Å². The van der Waals surface area contributed by atoms with Crippen molar-refractivity contribution in [1.29, 1.82) is 0 Å². The lowest BCUT2D eigenvalue weighted by molar-refractivity contribution is -0.137. The lowest BCUT2D eigenvalue weighted by Gasteiger charge is -2.32. The summed E-state index contributed by atoms with van der Waals surface area (Å²) in [7, 11) is 1.58. The number of aryl methyl sites for hydroxylation is 1. The first-order valence-corrected chi connectivity index (χ1v) is 9.93. The summed E-state index contributed by atoms with van der Waals surface area (Å²) in [5.74, 6) is 0.0767. The molecule has 3 aromatic rings. The monoisotopic (exact) mass is 430 g/mol. The highest BCUT2D eigenvalue weighted by molar-refractivity contribution is 5.94. The van der Waals surface area contributed by atoms with Gasteiger partial charge in [-0.15, -0.1) is 0 Å². The molecular formula is C22H21F3N4O2. The number of aromatic nitrogens is 3. The van der Waals surface area contributed by atoms with Gasteiger partial charge in [0.2, 0.25) is 0 Å². The van der Waals surface area contributed by atoms with E-state index < -0.39 is 11.7 Å². The van der Waals surface area contributed by atoms with Gasteiger partial charge in [0, 0.05) is 31.6 Å². The summed E-state index contributed by atoms with van der Waals surface area (Å²) < 4.78 is 41.2. The fraction of sp³-hybridized carbons (Fsp3) is 0.318. The van der Waals surface area contributed by atoms with Gasteiger partial charge in [-0.3, -0.25) is 4.79 Å². The molecule has 2 aromatic carbocycles. The molecule has 1 aliphatic heterocycles. The number of para-hydroxylation sites is 1. The van der Waals surface area contributed by atoms with Crippen LogP contribution in [0.15, 0.2) is 59.4 Å². The van der Waals surface area contributed by atoms with Crippen molar-refractivity contribution in [1.82, 2.24) is 19.2 Å². The zero-order valence-electron chi connectivity index (χ0n) is 16.8. The lowest BCUT2D eigenvalue weighted by Crippen LogP contribution is -2.40. The third-order valence-corrected chi connectivity index (χ3v) is 5.50. The van der Waals surface area contributed by atoms with Crippen LogP contribution in [0.4, 0.5) is 13.2 Å². The molecule has 0 spiro atoms. The van der Waals surface area contributed by atoms with Crippen molar-refractivity contribution >= 4 is 5.91 Å². The van der Waals surface area contributed by atoms with Gasteiger partial charge in [0.05, 0.1) is 11.3 Å². The van der Waals surface area contributed by atoms with Crippen molar-refractivity contribution in [2.24, 2.45) is 7.05 Å². The summed E-state index contributed by atoms with van der Waals surface area (Å²) in [5, 5.41) is 4.42. The Morgan fingerprint density at radius 3 is 2.39 bits per heavy atom. The third kappa shape index (κ3) is 4.12. The molecule has 0 saturated carbocycles.